The largest absolute Gasteiger partial charge is 0.489 e. The number of ether oxygens (including phenoxy) is 3. The van der Waals surface area contributed by atoms with Crippen LogP contribution in [0.4, 0.5) is 20.7 Å². The van der Waals surface area contributed by atoms with E-state index in [2.05, 4.69) is 19.9 Å². The van der Waals surface area contributed by atoms with E-state index in [9.17, 15) is 18.4 Å². The number of benzene rings is 2. The van der Waals surface area contributed by atoms with Crippen LogP contribution in [0.15, 0.2) is 42.5 Å². The van der Waals surface area contributed by atoms with Crippen LogP contribution in [0.25, 0.3) is 17.0 Å². The number of rotatable bonds is 8. The van der Waals surface area contributed by atoms with Gasteiger partial charge in [-0.15, -0.1) is 0 Å². The number of aromatic nitrogens is 5. The van der Waals surface area contributed by atoms with Crippen LogP contribution in [0, 0.1) is 0 Å². The molecule has 2 fully saturated rings. The highest BCUT2D eigenvalue weighted by Crippen LogP contribution is 2.33. The highest BCUT2D eigenvalue weighted by molar-refractivity contribution is 6.21. The first-order valence-corrected chi connectivity index (χ1v) is 14.3. The molecule has 228 valence electrons. The Kier molecular flexibility index (Phi) is 7.47. The maximum absolute atomic E-state index is 14.5. The van der Waals surface area contributed by atoms with E-state index in [0.29, 0.717) is 81.1 Å². The first-order valence-electron chi connectivity index (χ1n) is 14.3. The number of hydrogen-bond donors (Lipinski definition) is 0. The predicted molar refractivity (Wildman–Crippen MR) is 153 cm³/mol. The third kappa shape index (κ3) is 5.07. The molecule has 0 N–H and O–H groups in total. The zero-order chi connectivity index (χ0) is 30.2. The lowest BCUT2D eigenvalue weighted by Crippen LogP contribution is -2.40. The summed E-state index contributed by atoms with van der Waals surface area (Å²) in [4.78, 5) is 48.6. The molecule has 44 heavy (non-hydrogen) atoms. The van der Waals surface area contributed by atoms with Crippen molar-refractivity contribution in [2.75, 3.05) is 75.6 Å². The summed E-state index contributed by atoms with van der Waals surface area (Å²) in [6.45, 7) is 4.06. The van der Waals surface area contributed by atoms with Crippen LogP contribution in [-0.2, 0) is 9.47 Å². The second-order valence-electron chi connectivity index (χ2n) is 10.3. The summed E-state index contributed by atoms with van der Waals surface area (Å²) < 4.78 is 47.2. The van der Waals surface area contributed by atoms with Crippen LogP contribution in [-0.4, -0.2) is 107 Å². The summed E-state index contributed by atoms with van der Waals surface area (Å²) in [7, 11) is 0. The molecule has 2 aromatic heterocycles. The van der Waals surface area contributed by atoms with Crippen LogP contribution in [0.3, 0.4) is 0 Å². The van der Waals surface area contributed by atoms with Crippen molar-refractivity contribution in [3.05, 3.63) is 59.4 Å². The molecule has 0 unspecified atom stereocenters. The van der Waals surface area contributed by atoms with Gasteiger partial charge < -0.3 is 24.0 Å². The van der Waals surface area contributed by atoms with Crippen LogP contribution in [0.1, 0.15) is 33.0 Å². The Bertz CT molecular complexity index is 1650. The Morgan fingerprint density at radius 1 is 0.750 bits per heavy atom. The normalized spacial score (nSPS) is 17.2. The third-order valence-corrected chi connectivity index (χ3v) is 7.71. The SMILES string of the molecule is O=C1c2ccccc2C(=O)N1CCOc1cccc2c1nc(C(F)F)n2-c1nc(N2CCOCC2)nc(N2CCOCC2)n1. The summed E-state index contributed by atoms with van der Waals surface area (Å²) >= 11 is 0. The zero-order valence-corrected chi connectivity index (χ0v) is 23.6. The van der Waals surface area contributed by atoms with Gasteiger partial charge in [0.25, 0.3) is 18.2 Å². The molecule has 2 amide bonds. The molecule has 4 aromatic rings. The molecule has 15 heteroatoms. The van der Waals surface area contributed by atoms with Gasteiger partial charge in [0.1, 0.15) is 17.9 Å². The van der Waals surface area contributed by atoms with Crippen molar-refractivity contribution in [3.8, 4) is 11.7 Å². The van der Waals surface area contributed by atoms with Gasteiger partial charge in [-0.25, -0.2) is 13.8 Å². The molecule has 7 rings (SSSR count). The van der Waals surface area contributed by atoms with Gasteiger partial charge >= 0.3 is 0 Å². The number of imide groups is 1. The summed E-state index contributed by atoms with van der Waals surface area (Å²) in [5.41, 5.74) is 1.16. The van der Waals surface area contributed by atoms with Crippen molar-refractivity contribution in [2.45, 2.75) is 6.43 Å². The molecule has 13 nitrogen and oxygen atoms in total. The average Bonchev–Trinajstić information content (AvgIpc) is 3.58. The average molecular weight is 607 g/mol. The molecule has 5 heterocycles. The molecule has 0 atom stereocenters. The van der Waals surface area contributed by atoms with Crippen molar-refractivity contribution in [1.29, 1.82) is 0 Å². The van der Waals surface area contributed by atoms with E-state index in [1.165, 1.54) is 4.57 Å². The van der Waals surface area contributed by atoms with Gasteiger partial charge in [0.15, 0.2) is 5.82 Å². The fraction of sp³-hybridized carbons (Fsp3) is 0.379. The zero-order valence-electron chi connectivity index (χ0n) is 23.6. The second-order valence-corrected chi connectivity index (χ2v) is 10.3. The topological polar surface area (TPSA) is 128 Å². The number of alkyl halides is 2. The Morgan fingerprint density at radius 2 is 1.32 bits per heavy atom. The van der Waals surface area contributed by atoms with E-state index in [1.807, 2.05) is 9.80 Å². The van der Waals surface area contributed by atoms with Crippen LogP contribution in [0.5, 0.6) is 5.75 Å². The summed E-state index contributed by atoms with van der Waals surface area (Å²) in [5, 5.41) is 0. The number of nitrogens with zero attached hydrogens (tertiary/aromatic N) is 8. The van der Waals surface area contributed by atoms with Crippen LogP contribution >= 0.6 is 0 Å². The van der Waals surface area contributed by atoms with Crippen molar-refractivity contribution >= 4 is 34.7 Å². The highest BCUT2D eigenvalue weighted by Gasteiger charge is 2.35. The van der Waals surface area contributed by atoms with Crippen molar-refractivity contribution in [3.63, 3.8) is 0 Å². The number of amides is 2. The lowest BCUT2D eigenvalue weighted by molar-refractivity contribution is 0.0631. The minimum atomic E-state index is -2.95. The minimum absolute atomic E-state index is 0.00367. The molecule has 0 aliphatic carbocycles. The van der Waals surface area contributed by atoms with E-state index < -0.39 is 24.1 Å². The Morgan fingerprint density at radius 3 is 1.89 bits per heavy atom. The predicted octanol–water partition coefficient (Wildman–Crippen LogP) is 2.50. The van der Waals surface area contributed by atoms with Gasteiger partial charge in [-0.1, -0.05) is 18.2 Å². The number of fused-ring (bicyclic) bond motifs is 2. The quantitative estimate of drug-likeness (QED) is 0.275. The lowest BCUT2D eigenvalue weighted by Gasteiger charge is -2.30. The summed E-state index contributed by atoms with van der Waals surface area (Å²) in [6.07, 6.45) is -2.95. The molecular formula is C29H28F2N8O5. The number of imidazole rings is 1. The molecule has 0 spiro atoms. The standard InChI is InChI=1S/C29H28F2N8O5/c30-23(31)24-32-22-20(6-3-7-21(22)44-17-12-38-25(40)18-4-1-2-5-19(18)26(38)41)39(24)29-34-27(36-8-13-42-14-9-36)33-28(35-29)37-10-15-43-16-11-37/h1-7,23H,8-17H2. The molecule has 0 radical (unpaired) electrons. The number of halogens is 2. The maximum Gasteiger partial charge on any atom is 0.296 e. The molecular weight excluding hydrogens is 578 g/mol. The molecule has 0 bridgehead atoms. The number of anilines is 2. The number of carbonyl (C=O) groups is 2. The van der Waals surface area contributed by atoms with E-state index in [-0.39, 0.29) is 30.4 Å². The van der Waals surface area contributed by atoms with Gasteiger partial charge in [0.05, 0.1) is 49.6 Å². The van der Waals surface area contributed by atoms with Crippen molar-refractivity contribution < 1.29 is 32.6 Å². The van der Waals surface area contributed by atoms with Crippen molar-refractivity contribution in [2.24, 2.45) is 0 Å². The first kappa shape index (κ1) is 28.0. The fourth-order valence-electron chi connectivity index (χ4n) is 5.51. The van der Waals surface area contributed by atoms with Gasteiger partial charge in [-0.2, -0.15) is 15.0 Å². The molecule has 0 saturated carbocycles. The van der Waals surface area contributed by atoms with Crippen molar-refractivity contribution in [1.82, 2.24) is 29.4 Å². The maximum atomic E-state index is 14.5. The van der Waals surface area contributed by atoms with E-state index in [4.69, 9.17) is 14.2 Å². The Hall–Kier alpha value is -4.76. The molecule has 3 aliphatic heterocycles. The lowest BCUT2D eigenvalue weighted by atomic mass is 10.1. The van der Waals surface area contributed by atoms with E-state index in [0.717, 1.165) is 4.90 Å². The first-order chi connectivity index (χ1) is 21.5. The van der Waals surface area contributed by atoms with Crippen LogP contribution < -0.4 is 14.5 Å². The summed E-state index contributed by atoms with van der Waals surface area (Å²) in [6, 6.07) is 11.5. The van der Waals surface area contributed by atoms with Gasteiger partial charge in [0, 0.05) is 26.2 Å². The summed E-state index contributed by atoms with van der Waals surface area (Å²) in [5.74, 6) is -0.425. The second kappa shape index (κ2) is 11.7. The minimum Gasteiger partial charge on any atom is -0.489 e. The van der Waals surface area contributed by atoms with Gasteiger partial charge in [0.2, 0.25) is 17.8 Å². The number of para-hydroxylation sites is 1. The Labute approximate surface area is 250 Å². The molecule has 3 aliphatic rings. The fourth-order valence-corrected chi connectivity index (χ4v) is 5.51. The van der Waals surface area contributed by atoms with Gasteiger partial charge in [-0.3, -0.25) is 19.1 Å². The molecule has 2 saturated heterocycles. The third-order valence-electron chi connectivity index (χ3n) is 7.71. The van der Waals surface area contributed by atoms with E-state index >= 15 is 0 Å². The van der Waals surface area contributed by atoms with E-state index in [1.54, 1.807) is 42.5 Å². The number of morpholine rings is 2. The highest BCUT2D eigenvalue weighted by atomic mass is 19.3. The van der Waals surface area contributed by atoms with Gasteiger partial charge in [-0.05, 0) is 24.3 Å². The monoisotopic (exact) mass is 606 g/mol. The smallest absolute Gasteiger partial charge is 0.296 e. The Balaban J connectivity index is 1.22. The van der Waals surface area contributed by atoms with Crippen LogP contribution in [0.2, 0.25) is 0 Å². The number of hydrogen-bond acceptors (Lipinski definition) is 11. The molecule has 2 aromatic carbocycles. The number of carbonyl (C=O) groups excluding carboxylic acids is 2.